The molecule has 1 aliphatic carbocycles. The van der Waals surface area contributed by atoms with Gasteiger partial charge in [0.25, 0.3) is 0 Å². The molecule has 110 valence electrons. The molecule has 0 spiro atoms. The fourth-order valence-electron chi connectivity index (χ4n) is 2.21. The predicted octanol–water partition coefficient (Wildman–Crippen LogP) is 2.85. The number of thiazole rings is 1. The van der Waals surface area contributed by atoms with E-state index in [1.165, 1.54) is 41.5 Å². The number of hydrogen-bond acceptors (Lipinski definition) is 6. The molecule has 5 nitrogen and oxygen atoms in total. The number of aromatic nitrogens is 3. The van der Waals surface area contributed by atoms with Crippen LogP contribution in [-0.2, 0) is 17.6 Å². The second-order valence-electron chi connectivity index (χ2n) is 4.93. The summed E-state index contributed by atoms with van der Waals surface area (Å²) in [5.41, 5.74) is 2.07. The number of fused-ring (bicyclic) bond motifs is 1. The Morgan fingerprint density at radius 2 is 2.24 bits per heavy atom. The Morgan fingerprint density at radius 3 is 3.05 bits per heavy atom. The molecule has 0 bridgehead atoms. The standard InChI is InChI=1S/C14H16N4OS2/c1-9-6-13(16-8-15-9)20-7-12(19)18-14-17-10-4-2-3-5-11(10)21-14/h6,8H,2-5,7H2,1H3,(H,17,18,19). The average molecular weight is 320 g/mol. The lowest BCUT2D eigenvalue weighted by molar-refractivity contribution is -0.113. The van der Waals surface area contributed by atoms with Gasteiger partial charge < -0.3 is 5.32 Å². The molecular weight excluding hydrogens is 304 g/mol. The Kier molecular flexibility index (Phi) is 4.50. The summed E-state index contributed by atoms with van der Waals surface area (Å²) in [6.45, 7) is 1.91. The van der Waals surface area contributed by atoms with E-state index in [0.717, 1.165) is 28.7 Å². The Morgan fingerprint density at radius 1 is 1.38 bits per heavy atom. The maximum absolute atomic E-state index is 12.0. The van der Waals surface area contributed by atoms with Crippen LogP contribution in [0.25, 0.3) is 0 Å². The van der Waals surface area contributed by atoms with Crippen molar-refractivity contribution in [3.8, 4) is 0 Å². The summed E-state index contributed by atoms with van der Waals surface area (Å²) in [6.07, 6.45) is 6.08. The summed E-state index contributed by atoms with van der Waals surface area (Å²) in [7, 11) is 0. The highest BCUT2D eigenvalue weighted by molar-refractivity contribution is 7.99. The third kappa shape index (κ3) is 3.79. The van der Waals surface area contributed by atoms with Crippen LogP contribution in [0.5, 0.6) is 0 Å². The molecule has 0 unspecified atom stereocenters. The summed E-state index contributed by atoms with van der Waals surface area (Å²) in [5, 5.41) is 4.43. The fourth-order valence-corrected chi connectivity index (χ4v) is 4.00. The van der Waals surface area contributed by atoms with Crippen LogP contribution in [0.15, 0.2) is 17.4 Å². The van der Waals surface area contributed by atoms with Crippen LogP contribution >= 0.6 is 23.1 Å². The van der Waals surface area contributed by atoms with Crippen LogP contribution in [0.4, 0.5) is 5.13 Å². The van der Waals surface area contributed by atoms with Gasteiger partial charge in [-0.05, 0) is 38.7 Å². The molecule has 7 heteroatoms. The first-order valence-electron chi connectivity index (χ1n) is 6.90. The first-order chi connectivity index (χ1) is 10.2. The molecule has 0 atom stereocenters. The van der Waals surface area contributed by atoms with E-state index >= 15 is 0 Å². The summed E-state index contributed by atoms with van der Waals surface area (Å²) in [5.74, 6) is 0.295. The SMILES string of the molecule is Cc1cc(SCC(=O)Nc2nc3c(s2)CCCC3)ncn1. The summed E-state index contributed by atoms with van der Waals surface area (Å²) in [4.78, 5) is 26.0. The highest BCUT2D eigenvalue weighted by Crippen LogP contribution is 2.29. The maximum atomic E-state index is 12.0. The second-order valence-corrected chi connectivity index (χ2v) is 7.01. The van der Waals surface area contributed by atoms with Crippen LogP contribution in [0.3, 0.4) is 0 Å². The summed E-state index contributed by atoms with van der Waals surface area (Å²) >= 11 is 3.02. The van der Waals surface area contributed by atoms with Crippen LogP contribution in [0.1, 0.15) is 29.1 Å². The Bertz CT molecular complexity index is 633. The minimum atomic E-state index is -0.0395. The van der Waals surface area contributed by atoms with Gasteiger partial charge >= 0.3 is 0 Å². The molecule has 21 heavy (non-hydrogen) atoms. The van der Waals surface area contributed by atoms with Gasteiger partial charge in [0, 0.05) is 10.6 Å². The number of carbonyl (C=O) groups is 1. The first-order valence-corrected chi connectivity index (χ1v) is 8.71. The topological polar surface area (TPSA) is 67.8 Å². The van der Waals surface area contributed by atoms with Crippen LogP contribution < -0.4 is 5.32 Å². The zero-order valence-corrected chi connectivity index (χ0v) is 13.4. The summed E-state index contributed by atoms with van der Waals surface area (Å²) in [6, 6.07) is 1.88. The number of anilines is 1. The monoisotopic (exact) mass is 320 g/mol. The van der Waals surface area contributed by atoms with Gasteiger partial charge in [-0.3, -0.25) is 4.79 Å². The molecule has 0 saturated heterocycles. The molecule has 2 aromatic rings. The number of nitrogens with zero attached hydrogens (tertiary/aromatic N) is 3. The van der Waals surface area contributed by atoms with Gasteiger partial charge in [0.05, 0.1) is 11.4 Å². The van der Waals surface area contributed by atoms with Gasteiger partial charge in [-0.15, -0.1) is 11.3 Å². The van der Waals surface area contributed by atoms with Crippen molar-refractivity contribution in [3.63, 3.8) is 0 Å². The van der Waals surface area contributed by atoms with Gasteiger partial charge in [0.15, 0.2) is 5.13 Å². The number of carbonyl (C=O) groups excluding carboxylic acids is 1. The van der Waals surface area contributed by atoms with E-state index in [1.807, 2.05) is 13.0 Å². The Balaban J connectivity index is 1.55. The van der Waals surface area contributed by atoms with E-state index in [2.05, 4.69) is 20.3 Å². The third-order valence-corrected chi connectivity index (χ3v) is 5.22. The van der Waals surface area contributed by atoms with E-state index in [9.17, 15) is 4.79 Å². The molecule has 1 N–H and O–H groups in total. The number of aryl methyl sites for hydroxylation is 3. The van der Waals surface area contributed by atoms with Gasteiger partial charge in [-0.25, -0.2) is 15.0 Å². The van der Waals surface area contributed by atoms with E-state index in [-0.39, 0.29) is 5.91 Å². The van der Waals surface area contributed by atoms with Crippen LogP contribution in [-0.4, -0.2) is 26.6 Å². The highest BCUT2D eigenvalue weighted by atomic mass is 32.2. The van der Waals surface area contributed by atoms with Gasteiger partial charge in [-0.1, -0.05) is 11.8 Å². The van der Waals surface area contributed by atoms with Crippen molar-refractivity contribution in [3.05, 3.63) is 28.7 Å². The van der Waals surface area contributed by atoms with Crippen molar-refractivity contribution < 1.29 is 4.79 Å². The lowest BCUT2D eigenvalue weighted by Gasteiger charge is -2.06. The number of hydrogen-bond donors (Lipinski definition) is 1. The Labute approximate surface area is 131 Å². The van der Waals surface area contributed by atoms with E-state index in [4.69, 9.17) is 0 Å². The first kappa shape index (κ1) is 14.5. The quantitative estimate of drug-likeness (QED) is 0.693. The predicted molar refractivity (Wildman–Crippen MR) is 84.9 cm³/mol. The van der Waals surface area contributed by atoms with Crippen LogP contribution in [0.2, 0.25) is 0 Å². The molecule has 1 amide bonds. The van der Waals surface area contributed by atoms with E-state index < -0.39 is 0 Å². The highest BCUT2D eigenvalue weighted by Gasteiger charge is 2.16. The van der Waals surface area contributed by atoms with Crippen molar-refractivity contribution in [2.75, 3.05) is 11.1 Å². The molecule has 0 radical (unpaired) electrons. The second kappa shape index (κ2) is 6.53. The number of nitrogens with one attached hydrogen (secondary N) is 1. The molecule has 0 saturated carbocycles. The minimum Gasteiger partial charge on any atom is -0.301 e. The van der Waals surface area contributed by atoms with Gasteiger partial charge in [0.2, 0.25) is 5.91 Å². The molecular formula is C14H16N4OS2. The zero-order chi connectivity index (χ0) is 14.7. The van der Waals surface area contributed by atoms with Crippen molar-refractivity contribution in [2.24, 2.45) is 0 Å². The fraction of sp³-hybridized carbons (Fsp3) is 0.429. The molecule has 2 aromatic heterocycles. The molecule has 0 aliphatic heterocycles. The summed E-state index contributed by atoms with van der Waals surface area (Å²) < 4.78 is 0. The lowest BCUT2D eigenvalue weighted by atomic mass is 10.0. The number of amides is 1. The smallest absolute Gasteiger partial charge is 0.236 e. The van der Waals surface area contributed by atoms with Crippen molar-refractivity contribution in [1.29, 1.82) is 0 Å². The zero-order valence-electron chi connectivity index (χ0n) is 11.8. The average Bonchev–Trinajstić information content (AvgIpc) is 2.87. The molecule has 3 rings (SSSR count). The van der Waals surface area contributed by atoms with Crippen molar-refractivity contribution in [1.82, 2.24) is 15.0 Å². The van der Waals surface area contributed by atoms with E-state index in [1.54, 1.807) is 11.3 Å². The number of rotatable bonds is 4. The molecule has 0 fully saturated rings. The molecule has 2 heterocycles. The van der Waals surface area contributed by atoms with Crippen molar-refractivity contribution in [2.45, 2.75) is 37.6 Å². The van der Waals surface area contributed by atoms with Crippen molar-refractivity contribution >= 4 is 34.1 Å². The maximum Gasteiger partial charge on any atom is 0.236 e. The number of thioether (sulfide) groups is 1. The van der Waals surface area contributed by atoms with Crippen LogP contribution in [0, 0.1) is 6.92 Å². The van der Waals surface area contributed by atoms with Gasteiger partial charge in [0.1, 0.15) is 11.4 Å². The van der Waals surface area contributed by atoms with E-state index in [0.29, 0.717) is 5.75 Å². The molecule has 0 aromatic carbocycles. The lowest BCUT2D eigenvalue weighted by Crippen LogP contribution is -2.14. The minimum absolute atomic E-state index is 0.0395. The normalized spacial score (nSPS) is 13.8. The third-order valence-electron chi connectivity index (χ3n) is 3.22. The largest absolute Gasteiger partial charge is 0.301 e. The van der Waals surface area contributed by atoms with Gasteiger partial charge in [-0.2, -0.15) is 0 Å². The molecule has 1 aliphatic rings. The Hall–Kier alpha value is -1.47.